The highest BCUT2D eigenvalue weighted by molar-refractivity contribution is 6.03. The second kappa shape index (κ2) is 11.1. The van der Waals surface area contributed by atoms with Crippen LogP contribution in [0, 0.1) is 6.92 Å². The SMILES string of the molecule is CCCOc1ccc(C(=O)N/N=C\c2c(OCc3ccc(C)cc3)ccc3ccccc23)cc1. The van der Waals surface area contributed by atoms with Crippen molar-refractivity contribution >= 4 is 22.9 Å². The van der Waals surface area contributed by atoms with Crippen molar-refractivity contribution in [1.82, 2.24) is 5.43 Å². The lowest BCUT2D eigenvalue weighted by Gasteiger charge is -2.12. The Kier molecular flexibility index (Phi) is 7.56. The molecule has 5 nitrogen and oxygen atoms in total. The molecule has 0 atom stereocenters. The number of carbonyl (C=O) groups is 1. The molecule has 1 N–H and O–H groups in total. The molecule has 34 heavy (non-hydrogen) atoms. The van der Waals surface area contributed by atoms with E-state index in [1.54, 1.807) is 30.5 Å². The van der Waals surface area contributed by atoms with Gasteiger partial charge in [-0.3, -0.25) is 4.79 Å². The van der Waals surface area contributed by atoms with Crippen molar-refractivity contribution in [2.75, 3.05) is 6.61 Å². The van der Waals surface area contributed by atoms with Gasteiger partial charge < -0.3 is 9.47 Å². The van der Waals surface area contributed by atoms with Gasteiger partial charge in [0, 0.05) is 11.1 Å². The first-order chi connectivity index (χ1) is 16.6. The second-order valence-corrected chi connectivity index (χ2v) is 8.04. The summed E-state index contributed by atoms with van der Waals surface area (Å²) in [6, 6.07) is 27.3. The van der Waals surface area contributed by atoms with Crippen LogP contribution in [0.2, 0.25) is 0 Å². The summed E-state index contributed by atoms with van der Waals surface area (Å²) in [5, 5.41) is 6.30. The van der Waals surface area contributed by atoms with Gasteiger partial charge in [0.05, 0.1) is 12.8 Å². The quantitative estimate of drug-likeness (QED) is 0.240. The largest absolute Gasteiger partial charge is 0.494 e. The van der Waals surface area contributed by atoms with Crippen molar-refractivity contribution in [2.24, 2.45) is 5.10 Å². The fourth-order valence-electron chi connectivity index (χ4n) is 3.52. The van der Waals surface area contributed by atoms with Gasteiger partial charge in [-0.05, 0) is 60.0 Å². The fraction of sp³-hybridized carbons (Fsp3) is 0.172. The Balaban J connectivity index is 1.50. The molecule has 1 amide bonds. The third kappa shape index (κ3) is 5.81. The number of ether oxygens (including phenoxy) is 2. The van der Waals surface area contributed by atoms with E-state index in [-0.39, 0.29) is 5.91 Å². The normalized spacial score (nSPS) is 11.0. The summed E-state index contributed by atoms with van der Waals surface area (Å²) in [6.07, 6.45) is 2.57. The Bertz CT molecular complexity index is 1280. The molecule has 0 saturated heterocycles. The van der Waals surface area contributed by atoms with Crippen molar-refractivity contribution < 1.29 is 14.3 Å². The van der Waals surface area contributed by atoms with Gasteiger partial charge in [0.2, 0.25) is 0 Å². The summed E-state index contributed by atoms with van der Waals surface area (Å²) in [5.41, 5.74) is 6.23. The molecule has 0 unspecified atom stereocenters. The fourth-order valence-corrected chi connectivity index (χ4v) is 3.52. The average molecular weight is 453 g/mol. The van der Waals surface area contributed by atoms with Crippen LogP contribution < -0.4 is 14.9 Å². The Morgan fingerprint density at radius 3 is 2.44 bits per heavy atom. The number of nitrogens with zero attached hydrogens (tertiary/aromatic N) is 1. The monoisotopic (exact) mass is 452 g/mol. The van der Waals surface area contributed by atoms with E-state index in [9.17, 15) is 4.79 Å². The summed E-state index contributed by atoms with van der Waals surface area (Å²) in [7, 11) is 0. The molecule has 0 aromatic heterocycles. The van der Waals surface area contributed by atoms with Gasteiger partial charge in [-0.2, -0.15) is 5.10 Å². The van der Waals surface area contributed by atoms with E-state index in [0.29, 0.717) is 24.5 Å². The lowest BCUT2D eigenvalue weighted by Crippen LogP contribution is -2.17. The molecule has 4 aromatic carbocycles. The molecule has 0 aliphatic carbocycles. The molecule has 172 valence electrons. The molecule has 0 heterocycles. The molecule has 0 aliphatic rings. The summed E-state index contributed by atoms with van der Waals surface area (Å²) < 4.78 is 11.7. The topological polar surface area (TPSA) is 59.9 Å². The maximum absolute atomic E-state index is 12.6. The number of fused-ring (bicyclic) bond motifs is 1. The van der Waals surface area contributed by atoms with Crippen LogP contribution in [0.15, 0.2) is 90.0 Å². The molecule has 0 aliphatic heterocycles. The van der Waals surface area contributed by atoms with Gasteiger partial charge in [-0.15, -0.1) is 0 Å². The maximum atomic E-state index is 12.6. The minimum Gasteiger partial charge on any atom is -0.494 e. The van der Waals surface area contributed by atoms with Crippen LogP contribution in [0.5, 0.6) is 11.5 Å². The highest BCUT2D eigenvalue weighted by Crippen LogP contribution is 2.27. The van der Waals surface area contributed by atoms with Gasteiger partial charge in [0.1, 0.15) is 18.1 Å². The lowest BCUT2D eigenvalue weighted by molar-refractivity contribution is 0.0955. The minimum absolute atomic E-state index is 0.291. The number of nitrogens with one attached hydrogen (secondary N) is 1. The Morgan fingerprint density at radius 2 is 1.68 bits per heavy atom. The van der Waals surface area contributed by atoms with E-state index in [4.69, 9.17) is 9.47 Å². The number of hydrogen-bond donors (Lipinski definition) is 1. The van der Waals surface area contributed by atoms with E-state index in [2.05, 4.69) is 48.6 Å². The highest BCUT2D eigenvalue weighted by Gasteiger charge is 2.09. The van der Waals surface area contributed by atoms with Crippen LogP contribution in [0.3, 0.4) is 0 Å². The van der Waals surface area contributed by atoms with Crippen LogP contribution in [-0.2, 0) is 6.61 Å². The number of hydrogen-bond acceptors (Lipinski definition) is 4. The molecule has 0 radical (unpaired) electrons. The zero-order valence-corrected chi connectivity index (χ0v) is 19.5. The Hall–Kier alpha value is -4.12. The van der Waals surface area contributed by atoms with Crippen molar-refractivity contribution in [3.8, 4) is 11.5 Å². The van der Waals surface area contributed by atoms with Crippen LogP contribution in [0.1, 0.15) is 40.4 Å². The zero-order valence-electron chi connectivity index (χ0n) is 19.5. The minimum atomic E-state index is -0.291. The molecule has 4 rings (SSSR count). The van der Waals surface area contributed by atoms with Gasteiger partial charge in [-0.1, -0.05) is 67.1 Å². The van der Waals surface area contributed by atoms with Crippen molar-refractivity contribution in [3.05, 3.63) is 107 Å². The molecule has 4 aromatic rings. The smallest absolute Gasteiger partial charge is 0.271 e. The molecular formula is C29H28N2O3. The standard InChI is InChI=1S/C29H28N2O3/c1-3-18-33-25-15-12-24(13-16-25)29(32)31-30-19-27-26-7-5-4-6-23(26)14-17-28(27)34-20-22-10-8-21(2)9-11-22/h4-17,19H,3,18,20H2,1-2H3,(H,31,32)/b30-19-. The Labute approximate surface area is 200 Å². The van der Waals surface area contributed by atoms with E-state index in [1.807, 2.05) is 36.4 Å². The molecule has 0 spiro atoms. The Morgan fingerprint density at radius 1 is 0.912 bits per heavy atom. The van der Waals surface area contributed by atoms with Crippen LogP contribution in [0.4, 0.5) is 0 Å². The number of hydrazone groups is 1. The van der Waals surface area contributed by atoms with Gasteiger partial charge in [0.25, 0.3) is 5.91 Å². The summed E-state index contributed by atoms with van der Waals surface area (Å²) in [4.78, 5) is 12.6. The van der Waals surface area contributed by atoms with E-state index in [0.717, 1.165) is 34.1 Å². The third-order valence-corrected chi connectivity index (χ3v) is 5.39. The predicted molar refractivity (Wildman–Crippen MR) is 137 cm³/mol. The first kappa shape index (κ1) is 23.1. The van der Waals surface area contributed by atoms with E-state index in [1.165, 1.54) is 5.56 Å². The molecule has 0 fully saturated rings. The van der Waals surface area contributed by atoms with Crippen molar-refractivity contribution in [1.29, 1.82) is 0 Å². The average Bonchev–Trinajstić information content (AvgIpc) is 2.88. The predicted octanol–water partition coefficient (Wildman–Crippen LogP) is 6.28. The molecule has 0 saturated carbocycles. The third-order valence-electron chi connectivity index (χ3n) is 5.39. The molecule has 0 bridgehead atoms. The first-order valence-electron chi connectivity index (χ1n) is 11.4. The summed E-state index contributed by atoms with van der Waals surface area (Å²) >= 11 is 0. The zero-order chi connectivity index (χ0) is 23.8. The molecular weight excluding hydrogens is 424 g/mol. The first-order valence-corrected chi connectivity index (χ1v) is 11.4. The van der Waals surface area contributed by atoms with Crippen LogP contribution >= 0.6 is 0 Å². The summed E-state index contributed by atoms with van der Waals surface area (Å²) in [5.74, 6) is 1.16. The van der Waals surface area contributed by atoms with Gasteiger partial charge >= 0.3 is 0 Å². The highest BCUT2D eigenvalue weighted by atomic mass is 16.5. The number of amides is 1. The van der Waals surface area contributed by atoms with E-state index < -0.39 is 0 Å². The number of rotatable bonds is 9. The summed E-state index contributed by atoms with van der Waals surface area (Å²) in [6.45, 7) is 5.20. The lowest BCUT2D eigenvalue weighted by atomic mass is 10.0. The van der Waals surface area contributed by atoms with Crippen LogP contribution in [0.25, 0.3) is 10.8 Å². The number of aryl methyl sites for hydroxylation is 1. The van der Waals surface area contributed by atoms with Gasteiger partial charge in [-0.25, -0.2) is 5.43 Å². The van der Waals surface area contributed by atoms with Gasteiger partial charge in [0.15, 0.2) is 0 Å². The van der Waals surface area contributed by atoms with Crippen molar-refractivity contribution in [3.63, 3.8) is 0 Å². The number of carbonyl (C=O) groups excluding carboxylic acids is 1. The number of benzene rings is 4. The second-order valence-electron chi connectivity index (χ2n) is 8.04. The van der Waals surface area contributed by atoms with Crippen LogP contribution in [-0.4, -0.2) is 18.7 Å². The maximum Gasteiger partial charge on any atom is 0.271 e. The molecule has 5 heteroatoms. The van der Waals surface area contributed by atoms with E-state index >= 15 is 0 Å². The van der Waals surface area contributed by atoms with Crippen molar-refractivity contribution in [2.45, 2.75) is 26.9 Å².